The van der Waals surface area contributed by atoms with Gasteiger partial charge < -0.3 is 5.32 Å². The molecular formula is C17H20BrN. The van der Waals surface area contributed by atoms with E-state index in [1.807, 2.05) is 0 Å². The first-order valence-electron chi connectivity index (χ1n) is 6.83. The van der Waals surface area contributed by atoms with Crippen molar-refractivity contribution in [2.24, 2.45) is 0 Å². The van der Waals surface area contributed by atoms with Crippen molar-refractivity contribution >= 4 is 15.9 Å². The third-order valence-corrected chi connectivity index (χ3v) is 4.02. The lowest BCUT2D eigenvalue weighted by atomic mass is 9.99. The molecule has 0 bridgehead atoms. The normalized spacial score (nSPS) is 12.3. The minimum atomic E-state index is 0.404. The maximum atomic E-state index is 3.65. The van der Waals surface area contributed by atoms with Gasteiger partial charge in [-0.15, -0.1) is 0 Å². The predicted molar refractivity (Wildman–Crippen MR) is 85.3 cm³/mol. The summed E-state index contributed by atoms with van der Waals surface area (Å²) in [5.41, 5.74) is 2.75. The Morgan fingerprint density at radius 3 is 2.37 bits per heavy atom. The molecular weight excluding hydrogens is 298 g/mol. The molecule has 0 spiro atoms. The number of hydrogen-bond donors (Lipinski definition) is 1. The molecule has 0 amide bonds. The highest BCUT2D eigenvalue weighted by atomic mass is 79.9. The zero-order valence-electron chi connectivity index (χ0n) is 11.3. The summed E-state index contributed by atoms with van der Waals surface area (Å²) in [6.07, 6.45) is 2.21. The molecule has 0 aromatic heterocycles. The van der Waals surface area contributed by atoms with Gasteiger partial charge in [-0.25, -0.2) is 0 Å². The van der Waals surface area contributed by atoms with Crippen LogP contribution in [0.3, 0.4) is 0 Å². The molecule has 0 aliphatic carbocycles. The van der Waals surface area contributed by atoms with Crippen molar-refractivity contribution < 1.29 is 0 Å². The lowest BCUT2D eigenvalue weighted by Gasteiger charge is -2.19. The van der Waals surface area contributed by atoms with Gasteiger partial charge in [-0.05, 0) is 36.6 Å². The fourth-order valence-electron chi connectivity index (χ4n) is 2.33. The van der Waals surface area contributed by atoms with Crippen LogP contribution in [0.5, 0.6) is 0 Å². The zero-order chi connectivity index (χ0) is 13.5. The molecule has 2 aromatic carbocycles. The van der Waals surface area contributed by atoms with E-state index in [1.54, 1.807) is 0 Å². The Morgan fingerprint density at radius 1 is 1.00 bits per heavy atom. The molecule has 19 heavy (non-hydrogen) atoms. The summed E-state index contributed by atoms with van der Waals surface area (Å²) in [6.45, 7) is 3.15. The van der Waals surface area contributed by atoms with Gasteiger partial charge in [0.25, 0.3) is 0 Å². The van der Waals surface area contributed by atoms with Crippen LogP contribution in [0.15, 0.2) is 59.1 Å². The van der Waals surface area contributed by atoms with Crippen LogP contribution in [0.2, 0.25) is 0 Å². The third-order valence-electron chi connectivity index (χ3n) is 3.30. The second-order valence-corrected chi connectivity index (χ2v) is 5.51. The Kier molecular flexibility index (Phi) is 5.62. The Bertz CT molecular complexity index is 496. The van der Waals surface area contributed by atoms with E-state index in [4.69, 9.17) is 0 Å². The van der Waals surface area contributed by atoms with Gasteiger partial charge in [-0.3, -0.25) is 0 Å². The second kappa shape index (κ2) is 7.46. The van der Waals surface area contributed by atoms with E-state index in [9.17, 15) is 0 Å². The van der Waals surface area contributed by atoms with Crippen LogP contribution in [0.4, 0.5) is 0 Å². The van der Waals surface area contributed by atoms with Crippen molar-refractivity contribution in [2.45, 2.75) is 25.8 Å². The minimum absolute atomic E-state index is 0.404. The van der Waals surface area contributed by atoms with Crippen LogP contribution < -0.4 is 5.32 Å². The standard InChI is InChI=1S/C17H20BrN/c1-2-19-17(15-10-6-7-11-16(15)18)13-12-14-8-4-3-5-9-14/h3-11,17,19H,2,12-13H2,1H3. The largest absolute Gasteiger partial charge is 0.310 e. The molecule has 1 unspecified atom stereocenters. The topological polar surface area (TPSA) is 12.0 Å². The summed E-state index contributed by atoms with van der Waals surface area (Å²) in [4.78, 5) is 0. The van der Waals surface area contributed by atoms with Gasteiger partial charge in [0.2, 0.25) is 0 Å². The van der Waals surface area contributed by atoms with Crippen LogP contribution in [0, 0.1) is 0 Å². The Labute approximate surface area is 124 Å². The van der Waals surface area contributed by atoms with E-state index >= 15 is 0 Å². The number of benzene rings is 2. The van der Waals surface area contributed by atoms with Crippen molar-refractivity contribution in [1.29, 1.82) is 0 Å². The summed E-state index contributed by atoms with van der Waals surface area (Å²) in [5.74, 6) is 0. The smallest absolute Gasteiger partial charge is 0.0334 e. The molecule has 1 N–H and O–H groups in total. The molecule has 0 saturated heterocycles. The first-order chi connectivity index (χ1) is 9.31. The highest BCUT2D eigenvalue weighted by molar-refractivity contribution is 9.10. The highest BCUT2D eigenvalue weighted by Gasteiger charge is 2.12. The maximum Gasteiger partial charge on any atom is 0.0334 e. The van der Waals surface area contributed by atoms with Crippen molar-refractivity contribution in [2.75, 3.05) is 6.54 Å². The van der Waals surface area contributed by atoms with Crippen LogP contribution in [-0.4, -0.2) is 6.54 Å². The Hall–Kier alpha value is -1.12. The van der Waals surface area contributed by atoms with E-state index in [1.165, 1.54) is 15.6 Å². The van der Waals surface area contributed by atoms with Crippen LogP contribution in [-0.2, 0) is 6.42 Å². The summed E-state index contributed by atoms with van der Waals surface area (Å²) >= 11 is 3.65. The molecule has 0 saturated carbocycles. The van der Waals surface area contributed by atoms with Crippen molar-refractivity contribution in [3.05, 3.63) is 70.2 Å². The van der Waals surface area contributed by atoms with E-state index in [0.29, 0.717) is 6.04 Å². The summed E-state index contributed by atoms with van der Waals surface area (Å²) in [7, 11) is 0. The average molecular weight is 318 g/mol. The average Bonchev–Trinajstić information content (AvgIpc) is 2.45. The predicted octanol–water partition coefficient (Wildman–Crippen LogP) is 4.73. The molecule has 0 aliphatic rings. The maximum absolute atomic E-state index is 3.65. The van der Waals surface area contributed by atoms with Crippen LogP contribution >= 0.6 is 15.9 Å². The molecule has 1 atom stereocenters. The number of nitrogens with one attached hydrogen (secondary N) is 1. The quantitative estimate of drug-likeness (QED) is 0.812. The molecule has 2 heteroatoms. The van der Waals surface area contributed by atoms with E-state index in [2.05, 4.69) is 82.8 Å². The lowest BCUT2D eigenvalue weighted by Crippen LogP contribution is -2.21. The van der Waals surface area contributed by atoms with Gasteiger partial charge in [-0.2, -0.15) is 0 Å². The summed E-state index contributed by atoms with van der Waals surface area (Å²) in [6, 6.07) is 19.6. The van der Waals surface area contributed by atoms with Gasteiger partial charge in [0.15, 0.2) is 0 Å². The highest BCUT2D eigenvalue weighted by Crippen LogP contribution is 2.26. The first kappa shape index (κ1) is 14.3. The van der Waals surface area contributed by atoms with Crippen molar-refractivity contribution in [3.8, 4) is 0 Å². The van der Waals surface area contributed by atoms with Gasteiger partial charge in [0.1, 0.15) is 0 Å². The van der Waals surface area contributed by atoms with Gasteiger partial charge in [0, 0.05) is 10.5 Å². The second-order valence-electron chi connectivity index (χ2n) is 4.66. The molecule has 0 fully saturated rings. The number of hydrogen-bond acceptors (Lipinski definition) is 1. The van der Waals surface area contributed by atoms with Crippen molar-refractivity contribution in [1.82, 2.24) is 5.32 Å². The van der Waals surface area contributed by atoms with E-state index in [-0.39, 0.29) is 0 Å². The fraction of sp³-hybridized carbons (Fsp3) is 0.294. The van der Waals surface area contributed by atoms with Crippen molar-refractivity contribution in [3.63, 3.8) is 0 Å². The molecule has 2 aromatic rings. The van der Waals surface area contributed by atoms with Gasteiger partial charge >= 0.3 is 0 Å². The molecule has 2 rings (SSSR count). The number of halogens is 1. The summed E-state index contributed by atoms with van der Waals surface area (Å²) < 4.78 is 1.19. The Balaban J connectivity index is 2.07. The monoisotopic (exact) mass is 317 g/mol. The van der Waals surface area contributed by atoms with Crippen LogP contribution in [0.1, 0.15) is 30.5 Å². The lowest BCUT2D eigenvalue weighted by molar-refractivity contribution is 0.514. The minimum Gasteiger partial charge on any atom is -0.310 e. The molecule has 1 nitrogen and oxygen atoms in total. The van der Waals surface area contributed by atoms with E-state index in [0.717, 1.165) is 19.4 Å². The molecule has 100 valence electrons. The molecule has 0 radical (unpaired) electrons. The number of rotatable bonds is 6. The number of aryl methyl sites for hydroxylation is 1. The molecule has 0 heterocycles. The zero-order valence-corrected chi connectivity index (χ0v) is 12.9. The Morgan fingerprint density at radius 2 is 1.68 bits per heavy atom. The van der Waals surface area contributed by atoms with Crippen LogP contribution in [0.25, 0.3) is 0 Å². The SMILES string of the molecule is CCNC(CCc1ccccc1)c1ccccc1Br. The third kappa shape index (κ3) is 4.19. The van der Waals surface area contributed by atoms with E-state index < -0.39 is 0 Å². The molecule has 0 aliphatic heterocycles. The van der Waals surface area contributed by atoms with Gasteiger partial charge in [0.05, 0.1) is 0 Å². The van der Waals surface area contributed by atoms with Gasteiger partial charge in [-0.1, -0.05) is 71.4 Å². The fourth-order valence-corrected chi connectivity index (χ4v) is 2.89. The first-order valence-corrected chi connectivity index (χ1v) is 7.62. The summed E-state index contributed by atoms with van der Waals surface area (Å²) in [5, 5.41) is 3.58.